The number of nitrogen functional groups attached to an aromatic ring is 1. The third-order valence-electron chi connectivity index (χ3n) is 2.88. The van der Waals surface area contributed by atoms with E-state index in [-0.39, 0.29) is 5.02 Å². The Kier molecular flexibility index (Phi) is 3.16. The monoisotopic (exact) mass is 288 g/mol. The van der Waals surface area contributed by atoms with Crippen LogP contribution >= 0.6 is 11.6 Å². The minimum absolute atomic E-state index is 0.207. The Morgan fingerprint density at radius 1 is 1.10 bits per heavy atom. The topological polar surface area (TPSA) is 48.1 Å². The molecule has 3 nitrogen and oxygen atoms in total. The van der Waals surface area contributed by atoms with Crippen LogP contribution in [0.5, 0.6) is 11.5 Å². The first kappa shape index (κ1) is 12.7. The van der Waals surface area contributed by atoms with Gasteiger partial charge in [-0.2, -0.15) is 0 Å². The van der Waals surface area contributed by atoms with Gasteiger partial charge in [0.05, 0.1) is 16.2 Å². The zero-order valence-electron chi connectivity index (χ0n) is 10.3. The minimum atomic E-state index is -0.411. The fraction of sp³-hybridized carbons (Fsp3) is 0. The molecule has 0 atom stereocenters. The van der Waals surface area contributed by atoms with Gasteiger partial charge in [0.1, 0.15) is 17.3 Å². The van der Waals surface area contributed by atoms with Crippen LogP contribution in [0.4, 0.5) is 10.1 Å². The molecule has 2 aromatic carbocycles. The van der Waals surface area contributed by atoms with Crippen molar-refractivity contribution < 1.29 is 9.13 Å². The van der Waals surface area contributed by atoms with Crippen molar-refractivity contribution in [3.8, 4) is 11.5 Å². The molecule has 0 bridgehead atoms. The zero-order valence-corrected chi connectivity index (χ0v) is 11.1. The number of hydrogen-bond acceptors (Lipinski definition) is 3. The fourth-order valence-electron chi connectivity index (χ4n) is 1.94. The number of anilines is 1. The molecule has 0 unspecified atom stereocenters. The molecule has 0 aliphatic rings. The summed E-state index contributed by atoms with van der Waals surface area (Å²) in [5, 5.41) is 0.978. The van der Waals surface area contributed by atoms with Crippen molar-refractivity contribution in [3.05, 3.63) is 59.5 Å². The SMILES string of the molecule is Nc1cccc2c(Oc3ccc(F)cc3Cl)ccnc12. The molecule has 5 heteroatoms. The molecule has 0 amide bonds. The highest BCUT2D eigenvalue weighted by atomic mass is 35.5. The van der Waals surface area contributed by atoms with Gasteiger partial charge >= 0.3 is 0 Å². The zero-order chi connectivity index (χ0) is 14.1. The average Bonchev–Trinajstić information content (AvgIpc) is 2.43. The normalized spacial score (nSPS) is 10.7. The number of halogens is 2. The average molecular weight is 289 g/mol. The van der Waals surface area contributed by atoms with Gasteiger partial charge in [0.2, 0.25) is 0 Å². The molecule has 0 radical (unpaired) electrons. The smallest absolute Gasteiger partial charge is 0.146 e. The van der Waals surface area contributed by atoms with Gasteiger partial charge in [-0.25, -0.2) is 4.39 Å². The molecule has 1 aromatic heterocycles. The van der Waals surface area contributed by atoms with Crippen LogP contribution in [0.1, 0.15) is 0 Å². The fourth-order valence-corrected chi connectivity index (χ4v) is 2.14. The van der Waals surface area contributed by atoms with E-state index in [1.807, 2.05) is 12.1 Å². The summed E-state index contributed by atoms with van der Waals surface area (Å²) in [6, 6.07) is 11.1. The van der Waals surface area contributed by atoms with Gasteiger partial charge in [-0.05, 0) is 36.4 Å². The van der Waals surface area contributed by atoms with E-state index in [2.05, 4.69) is 4.98 Å². The first-order valence-electron chi connectivity index (χ1n) is 5.91. The summed E-state index contributed by atoms with van der Waals surface area (Å²) in [5.41, 5.74) is 7.10. The number of benzene rings is 2. The number of aromatic nitrogens is 1. The summed E-state index contributed by atoms with van der Waals surface area (Å²) >= 11 is 5.96. The van der Waals surface area contributed by atoms with Gasteiger partial charge in [0.25, 0.3) is 0 Å². The van der Waals surface area contributed by atoms with Crippen molar-refractivity contribution in [1.29, 1.82) is 0 Å². The molecule has 0 spiro atoms. The molecular formula is C15H10ClFN2O. The van der Waals surface area contributed by atoms with Crippen LogP contribution in [0.25, 0.3) is 10.9 Å². The lowest BCUT2D eigenvalue weighted by atomic mass is 10.2. The van der Waals surface area contributed by atoms with Gasteiger partial charge in [-0.3, -0.25) is 4.98 Å². The van der Waals surface area contributed by atoms with Crippen molar-refractivity contribution in [1.82, 2.24) is 4.98 Å². The second-order valence-corrected chi connectivity index (χ2v) is 4.64. The van der Waals surface area contributed by atoms with E-state index in [0.717, 1.165) is 5.39 Å². The summed E-state index contributed by atoms with van der Waals surface area (Å²) in [7, 11) is 0. The van der Waals surface area contributed by atoms with Crippen molar-refractivity contribution in [2.45, 2.75) is 0 Å². The molecule has 20 heavy (non-hydrogen) atoms. The van der Waals surface area contributed by atoms with E-state index in [0.29, 0.717) is 22.7 Å². The molecule has 2 N–H and O–H groups in total. The number of ether oxygens (including phenoxy) is 1. The summed E-state index contributed by atoms with van der Waals surface area (Å²) in [5.74, 6) is 0.532. The Balaban J connectivity index is 2.09. The standard InChI is InChI=1S/C15H10ClFN2O/c16-11-8-9(17)4-5-14(11)20-13-6-7-19-15-10(13)2-1-3-12(15)18/h1-8H,18H2. The lowest BCUT2D eigenvalue weighted by Gasteiger charge is -2.10. The van der Waals surface area contributed by atoms with Gasteiger partial charge in [0.15, 0.2) is 0 Å². The van der Waals surface area contributed by atoms with E-state index in [9.17, 15) is 4.39 Å². The number of nitrogens with zero attached hydrogens (tertiary/aromatic N) is 1. The molecular weight excluding hydrogens is 279 g/mol. The van der Waals surface area contributed by atoms with E-state index >= 15 is 0 Å². The maximum Gasteiger partial charge on any atom is 0.146 e. The Morgan fingerprint density at radius 2 is 1.95 bits per heavy atom. The maximum atomic E-state index is 13.0. The first-order chi connectivity index (χ1) is 9.65. The Hall–Kier alpha value is -2.33. The third kappa shape index (κ3) is 2.26. The van der Waals surface area contributed by atoms with Crippen LogP contribution < -0.4 is 10.5 Å². The second kappa shape index (κ2) is 4.98. The van der Waals surface area contributed by atoms with Gasteiger partial charge < -0.3 is 10.5 Å². The minimum Gasteiger partial charge on any atom is -0.455 e. The molecule has 3 aromatic rings. The number of pyridine rings is 1. The lowest BCUT2D eigenvalue weighted by molar-refractivity contribution is 0.486. The van der Waals surface area contributed by atoms with Crippen molar-refractivity contribution >= 4 is 28.2 Å². The van der Waals surface area contributed by atoms with Crippen LogP contribution in [0.3, 0.4) is 0 Å². The Labute approximate surface area is 119 Å². The molecule has 1 heterocycles. The van der Waals surface area contributed by atoms with Gasteiger partial charge in [-0.15, -0.1) is 0 Å². The molecule has 0 aliphatic carbocycles. The number of fused-ring (bicyclic) bond motifs is 1. The summed E-state index contributed by atoms with van der Waals surface area (Å²) in [6.07, 6.45) is 1.60. The molecule has 0 saturated heterocycles. The third-order valence-corrected chi connectivity index (χ3v) is 3.17. The number of para-hydroxylation sites is 1. The Bertz CT molecular complexity index is 792. The molecule has 3 rings (SSSR count). The molecule has 0 aliphatic heterocycles. The summed E-state index contributed by atoms with van der Waals surface area (Å²) < 4.78 is 18.8. The first-order valence-corrected chi connectivity index (χ1v) is 6.29. The van der Waals surface area contributed by atoms with Crippen LogP contribution in [-0.4, -0.2) is 4.98 Å². The Morgan fingerprint density at radius 3 is 2.75 bits per heavy atom. The van der Waals surface area contributed by atoms with Gasteiger partial charge in [-0.1, -0.05) is 17.7 Å². The molecule has 0 saturated carbocycles. The van der Waals surface area contributed by atoms with E-state index in [1.165, 1.54) is 18.2 Å². The van der Waals surface area contributed by atoms with Crippen LogP contribution in [0, 0.1) is 5.82 Å². The van der Waals surface area contributed by atoms with Crippen molar-refractivity contribution in [2.75, 3.05) is 5.73 Å². The number of hydrogen-bond donors (Lipinski definition) is 1. The van der Waals surface area contributed by atoms with E-state index in [1.54, 1.807) is 18.3 Å². The van der Waals surface area contributed by atoms with E-state index in [4.69, 9.17) is 22.1 Å². The lowest BCUT2D eigenvalue weighted by Crippen LogP contribution is -1.92. The highest BCUT2D eigenvalue weighted by molar-refractivity contribution is 6.32. The van der Waals surface area contributed by atoms with E-state index < -0.39 is 5.82 Å². The number of rotatable bonds is 2. The second-order valence-electron chi connectivity index (χ2n) is 4.23. The largest absolute Gasteiger partial charge is 0.455 e. The predicted molar refractivity (Wildman–Crippen MR) is 77.6 cm³/mol. The quantitative estimate of drug-likeness (QED) is 0.711. The van der Waals surface area contributed by atoms with Crippen molar-refractivity contribution in [3.63, 3.8) is 0 Å². The summed E-state index contributed by atoms with van der Waals surface area (Å²) in [4.78, 5) is 4.22. The highest BCUT2D eigenvalue weighted by Gasteiger charge is 2.09. The van der Waals surface area contributed by atoms with Gasteiger partial charge in [0, 0.05) is 11.6 Å². The number of nitrogens with two attached hydrogens (primary N) is 1. The highest BCUT2D eigenvalue weighted by Crippen LogP contribution is 2.34. The molecule has 100 valence electrons. The maximum absolute atomic E-state index is 13.0. The van der Waals surface area contributed by atoms with Crippen LogP contribution in [-0.2, 0) is 0 Å². The van der Waals surface area contributed by atoms with Crippen molar-refractivity contribution in [2.24, 2.45) is 0 Å². The van der Waals surface area contributed by atoms with Crippen LogP contribution in [0.15, 0.2) is 48.7 Å². The van der Waals surface area contributed by atoms with Crippen LogP contribution in [0.2, 0.25) is 5.02 Å². The molecule has 0 fully saturated rings. The summed E-state index contributed by atoms with van der Waals surface area (Å²) in [6.45, 7) is 0. The predicted octanol–water partition coefficient (Wildman–Crippen LogP) is 4.40.